The smallest absolute Gasteiger partial charge is 0.407 e. The molecule has 5 nitrogen and oxygen atoms in total. The lowest BCUT2D eigenvalue weighted by Crippen LogP contribution is -2.59. The fourth-order valence-electron chi connectivity index (χ4n) is 5.91. The number of cyclic esters (lactones) is 1. The van der Waals surface area contributed by atoms with Crippen LogP contribution in [-0.4, -0.2) is 42.1 Å². The molecule has 0 atom stereocenters. The Morgan fingerprint density at radius 2 is 1.55 bits per heavy atom. The van der Waals surface area contributed by atoms with Crippen LogP contribution >= 0.6 is 0 Å². The van der Waals surface area contributed by atoms with Gasteiger partial charge in [-0.3, -0.25) is 4.79 Å². The summed E-state index contributed by atoms with van der Waals surface area (Å²) in [7, 11) is 0. The van der Waals surface area contributed by atoms with Crippen molar-refractivity contribution in [1.29, 1.82) is 0 Å². The van der Waals surface area contributed by atoms with Crippen LogP contribution in [0.15, 0.2) is 60.7 Å². The predicted molar refractivity (Wildman–Crippen MR) is 119 cm³/mol. The number of carbonyl (C=O) groups excluding carboxylic acids is 2. The van der Waals surface area contributed by atoms with Crippen molar-refractivity contribution in [3.63, 3.8) is 0 Å². The highest BCUT2D eigenvalue weighted by molar-refractivity contribution is 5.81. The molecule has 2 aromatic rings. The van der Waals surface area contributed by atoms with E-state index in [1.54, 1.807) is 0 Å². The van der Waals surface area contributed by atoms with Gasteiger partial charge in [0.15, 0.2) is 0 Å². The molecule has 2 aromatic carbocycles. The van der Waals surface area contributed by atoms with Crippen LogP contribution in [0.4, 0.5) is 4.79 Å². The third-order valence-corrected chi connectivity index (χ3v) is 7.84. The normalized spacial score (nSPS) is 26.3. The summed E-state index contributed by atoms with van der Waals surface area (Å²) in [6.07, 6.45) is 3.02. The Balaban J connectivity index is 1.27. The number of likely N-dealkylation sites (tertiary alicyclic amines) is 1. The number of amides is 2. The third kappa shape index (κ3) is 3.50. The third-order valence-electron chi connectivity index (χ3n) is 7.84. The highest BCUT2D eigenvalue weighted by atomic mass is 16.6. The fraction of sp³-hybridized carbons (Fsp3) is 0.462. The predicted octanol–water partition coefficient (Wildman–Crippen LogP) is 4.12. The average molecular weight is 419 g/mol. The summed E-state index contributed by atoms with van der Waals surface area (Å²) >= 11 is 0. The zero-order chi connectivity index (χ0) is 21.5. The Hall–Kier alpha value is -2.82. The van der Waals surface area contributed by atoms with Crippen LogP contribution in [0.5, 0.6) is 0 Å². The number of hydrogen-bond donors (Lipinski definition) is 1. The minimum absolute atomic E-state index is 0.00757. The zero-order valence-electron chi connectivity index (χ0n) is 18.0. The summed E-state index contributed by atoms with van der Waals surface area (Å²) in [4.78, 5) is 26.5. The van der Waals surface area contributed by atoms with Gasteiger partial charge in [-0.1, -0.05) is 67.6 Å². The van der Waals surface area contributed by atoms with Gasteiger partial charge in [-0.05, 0) is 42.7 Å². The van der Waals surface area contributed by atoms with E-state index in [1.165, 1.54) is 11.1 Å². The van der Waals surface area contributed by atoms with Crippen molar-refractivity contribution in [2.45, 2.75) is 43.6 Å². The number of nitrogens with zero attached hydrogens (tertiary/aromatic N) is 1. The molecule has 3 aliphatic rings. The van der Waals surface area contributed by atoms with E-state index in [0.717, 1.165) is 25.9 Å². The summed E-state index contributed by atoms with van der Waals surface area (Å²) in [5.41, 5.74) is 2.30. The standard InChI is InChI=1S/C26H30N2O3/c1-25(20-8-4-2-5-9-20,21-10-6-3-7-11-21)22-12-14-28(15-13-22)23(29)19-16-26(17-19)18-31-24(30)27-26/h2-11,19,22H,12-18H2,1H3,(H,27,30)/t19-,26-. The Morgan fingerprint density at radius 1 is 1.00 bits per heavy atom. The van der Waals surface area contributed by atoms with Crippen LogP contribution in [0, 0.1) is 11.8 Å². The Labute approximate surface area is 183 Å². The lowest BCUT2D eigenvalue weighted by atomic mass is 9.64. The van der Waals surface area contributed by atoms with E-state index in [4.69, 9.17) is 4.74 Å². The van der Waals surface area contributed by atoms with Gasteiger partial charge in [0.05, 0.1) is 5.54 Å². The number of rotatable bonds is 4. The first-order valence-electron chi connectivity index (χ1n) is 11.3. The van der Waals surface area contributed by atoms with Gasteiger partial charge >= 0.3 is 6.09 Å². The number of nitrogens with one attached hydrogen (secondary N) is 1. The molecule has 162 valence electrons. The van der Waals surface area contributed by atoms with Gasteiger partial charge in [0.25, 0.3) is 0 Å². The second-order valence-corrected chi connectivity index (χ2v) is 9.62. The SMILES string of the molecule is CC(c1ccccc1)(c1ccccc1)C1CCN(C(=O)[C@H]2C[C@@]3(COC(=O)N3)C2)CC1. The van der Waals surface area contributed by atoms with E-state index in [9.17, 15) is 9.59 Å². The largest absolute Gasteiger partial charge is 0.447 e. The van der Waals surface area contributed by atoms with E-state index in [-0.39, 0.29) is 28.9 Å². The van der Waals surface area contributed by atoms with Crippen molar-refractivity contribution in [3.05, 3.63) is 71.8 Å². The molecule has 2 amide bonds. The maximum absolute atomic E-state index is 13.1. The number of alkyl carbamates (subject to hydrolysis) is 1. The second-order valence-electron chi connectivity index (χ2n) is 9.62. The molecule has 1 spiro atoms. The maximum atomic E-state index is 13.1. The second kappa shape index (κ2) is 7.70. The van der Waals surface area contributed by atoms with Crippen molar-refractivity contribution in [2.75, 3.05) is 19.7 Å². The minimum Gasteiger partial charge on any atom is -0.447 e. The molecule has 3 fully saturated rings. The molecule has 0 aromatic heterocycles. The Morgan fingerprint density at radius 3 is 2.03 bits per heavy atom. The molecule has 2 aliphatic heterocycles. The van der Waals surface area contributed by atoms with E-state index in [0.29, 0.717) is 25.4 Å². The van der Waals surface area contributed by atoms with Crippen LogP contribution in [0.1, 0.15) is 43.7 Å². The minimum atomic E-state index is -0.354. The fourth-order valence-corrected chi connectivity index (χ4v) is 5.91. The molecule has 5 rings (SSSR count). The molecule has 2 heterocycles. The summed E-state index contributed by atoms with van der Waals surface area (Å²) < 4.78 is 5.04. The van der Waals surface area contributed by atoms with Crippen molar-refractivity contribution >= 4 is 12.0 Å². The van der Waals surface area contributed by atoms with Crippen molar-refractivity contribution in [1.82, 2.24) is 10.2 Å². The van der Waals surface area contributed by atoms with Gasteiger partial charge in [0, 0.05) is 24.4 Å². The lowest BCUT2D eigenvalue weighted by Gasteiger charge is -2.47. The van der Waals surface area contributed by atoms with Gasteiger partial charge in [-0.25, -0.2) is 4.79 Å². The molecule has 1 saturated carbocycles. The molecule has 1 N–H and O–H groups in total. The zero-order valence-corrected chi connectivity index (χ0v) is 18.0. The number of ether oxygens (including phenoxy) is 1. The van der Waals surface area contributed by atoms with Crippen LogP contribution in [0.3, 0.4) is 0 Å². The first kappa shape index (κ1) is 20.1. The number of hydrogen-bond acceptors (Lipinski definition) is 3. The van der Waals surface area contributed by atoms with Crippen molar-refractivity contribution in [3.8, 4) is 0 Å². The summed E-state index contributed by atoms with van der Waals surface area (Å²) in [5, 5.41) is 2.89. The number of carbonyl (C=O) groups is 2. The van der Waals surface area contributed by atoms with E-state index >= 15 is 0 Å². The van der Waals surface area contributed by atoms with Gasteiger partial charge in [0.1, 0.15) is 6.61 Å². The molecule has 0 bridgehead atoms. The van der Waals surface area contributed by atoms with Gasteiger partial charge < -0.3 is 15.0 Å². The highest BCUT2D eigenvalue weighted by Gasteiger charge is 2.53. The molecular formula is C26H30N2O3. The number of benzene rings is 2. The Bertz CT molecular complexity index is 906. The van der Waals surface area contributed by atoms with Gasteiger partial charge in [0.2, 0.25) is 5.91 Å². The quantitative estimate of drug-likeness (QED) is 0.813. The van der Waals surface area contributed by atoms with Crippen LogP contribution < -0.4 is 5.32 Å². The first-order chi connectivity index (χ1) is 15.0. The first-order valence-corrected chi connectivity index (χ1v) is 11.3. The molecule has 2 saturated heterocycles. The number of piperidine rings is 1. The van der Waals surface area contributed by atoms with E-state index in [2.05, 4.69) is 72.9 Å². The monoisotopic (exact) mass is 418 g/mol. The molecule has 0 unspecified atom stereocenters. The van der Waals surface area contributed by atoms with Crippen molar-refractivity contribution in [2.24, 2.45) is 11.8 Å². The average Bonchev–Trinajstić information content (AvgIpc) is 3.20. The molecule has 0 radical (unpaired) electrons. The van der Waals surface area contributed by atoms with Crippen LogP contribution in [-0.2, 0) is 14.9 Å². The molecule has 5 heteroatoms. The van der Waals surface area contributed by atoms with Crippen LogP contribution in [0.25, 0.3) is 0 Å². The molecule has 31 heavy (non-hydrogen) atoms. The summed E-state index contributed by atoms with van der Waals surface area (Å²) in [6, 6.07) is 21.5. The summed E-state index contributed by atoms with van der Waals surface area (Å²) in [6.45, 7) is 4.35. The highest BCUT2D eigenvalue weighted by Crippen LogP contribution is 2.45. The topological polar surface area (TPSA) is 58.6 Å². The van der Waals surface area contributed by atoms with Gasteiger partial charge in [-0.15, -0.1) is 0 Å². The van der Waals surface area contributed by atoms with E-state index < -0.39 is 0 Å². The summed E-state index contributed by atoms with van der Waals surface area (Å²) in [5.74, 6) is 0.719. The van der Waals surface area contributed by atoms with Crippen LogP contribution in [0.2, 0.25) is 0 Å². The molecular weight excluding hydrogens is 388 g/mol. The van der Waals surface area contributed by atoms with E-state index in [1.807, 2.05) is 4.90 Å². The maximum Gasteiger partial charge on any atom is 0.407 e. The molecule has 1 aliphatic carbocycles. The Kier molecular flexibility index (Phi) is 4.99. The van der Waals surface area contributed by atoms with Crippen molar-refractivity contribution < 1.29 is 14.3 Å². The van der Waals surface area contributed by atoms with Gasteiger partial charge in [-0.2, -0.15) is 0 Å². The lowest BCUT2D eigenvalue weighted by molar-refractivity contribution is -0.142.